The fraction of sp³-hybridized carbons (Fsp3) is 0.400. The molecule has 0 amide bonds. The Balaban J connectivity index is 2.23. The van der Waals surface area contributed by atoms with Crippen LogP contribution in [0.15, 0.2) is 22.7 Å². The molecule has 0 atom stereocenters. The highest BCUT2D eigenvalue weighted by atomic mass is 79.9. The van der Waals surface area contributed by atoms with Gasteiger partial charge in [-0.1, -0.05) is 41.1 Å². The summed E-state index contributed by atoms with van der Waals surface area (Å²) in [5.74, 6) is 0.954. The van der Waals surface area contributed by atoms with E-state index < -0.39 is 0 Å². The van der Waals surface area contributed by atoms with Gasteiger partial charge in [-0.3, -0.25) is 4.68 Å². The first-order valence-corrected chi connectivity index (χ1v) is 8.47. The van der Waals surface area contributed by atoms with E-state index in [-0.39, 0.29) is 0 Å². The summed E-state index contributed by atoms with van der Waals surface area (Å²) in [4.78, 5) is 0. The second-order valence-corrected chi connectivity index (χ2v) is 6.02. The van der Waals surface area contributed by atoms with E-state index in [1.54, 1.807) is 0 Å². The smallest absolute Gasteiger partial charge is 0.131 e. The number of hydrogen-bond acceptors (Lipinski definition) is 2. The van der Waals surface area contributed by atoms with Crippen molar-refractivity contribution >= 4 is 31.9 Å². The van der Waals surface area contributed by atoms with Gasteiger partial charge in [0.25, 0.3) is 0 Å². The fourth-order valence-electron chi connectivity index (χ4n) is 2.14. The lowest BCUT2D eigenvalue weighted by molar-refractivity contribution is 0.290. The van der Waals surface area contributed by atoms with Crippen LogP contribution in [0.1, 0.15) is 29.4 Å². The maximum atomic E-state index is 6.04. The van der Waals surface area contributed by atoms with Crippen LogP contribution in [0.5, 0.6) is 5.75 Å². The summed E-state index contributed by atoms with van der Waals surface area (Å²) >= 11 is 7.12. The van der Waals surface area contributed by atoms with Crippen LogP contribution in [0.3, 0.4) is 0 Å². The summed E-state index contributed by atoms with van der Waals surface area (Å²) in [5, 5.41) is 5.27. The van der Waals surface area contributed by atoms with Gasteiger partial charge >= 0.3 is 0 Å². The Labute approximate surface area is 136 Å². The lowest BCUT2D eigenvalue weighted by atomic mass is 10.1. The third-order valence-corrected chi connectivity index (χ3v) is 4.81. The van der Waals surface area contributed by atoms with Gasteiger partial charge < -0.3 is 4.74 Å². The maximum absolute atomic E-state index is 6.04. The highest BCUT2D eigenvalue weighted by molar-refractivity contribution is 9.10. The topological polar surface area (TPSA) is 27.1 Å². The standard InChI is InChI=1S/C15H18Br2N2O/c1-4-12-14(17)13(19(3)18-12)9-20-15-10(2)6-5-7-11(15)8-16/h5-7H,4,8-9H2,1-3H3. The first-order valence-electron chi connectivity index (χ1n) is 6.56. The SMILES string of the molecule is CCc1nn(C)c(COc2c(C)cccc2CBr)c1Br. The number of aromatic nitrogens is 2. The molecule has 2 aromatic rings. The van der Waals surface area contributed by atoms with Crippen molar-refractivity contribution in [3.8, 4) is 5.75 Å². The number of nitrogens with zero attached hydrogens (tertiary/aromatic N) is 2. The van der Waals surface area contributed by atoms with Crippen LogP contribution < -0.4 is 4.74 Å². The molecule has 0 aliphatic carbocycles. The van der Waals surface area contributed by atoms with Crippen molar-refractivity contribution in [2.45, 2.75) is 32.2 Å². The summed E-state index contributed by atoms with van der Waals surface area (Å²) < 4.78 is 8.98. The molecule has 0 unspecified atom stereocenters. The van der Waals surface area contributed by atoms with Gasteiger partial charge in [-0.05, 0) is 34.8 Å². The predicted octanol–water partition coefficient (Wildman–Crippen LogP) is 4.53. The Bertz CT molecular complexity index is 608. The zero-order valence-corrected chi connectivity index (χ0v) is 15.1. The van der Waals surface area contributed by atoms with Crippen molar-refractivity contribution in [2.75, 3.05) is 0 Å². The Kier molecular flexibility index (Phi) is 5.27. The normalized spacial score (nSPS) is 10.8. The molecule has 0 N–H and O–H groups in total. The fourth-order valence-corrected chi connectivity index (χ4v) is 3.31. The molecule has 1 heterocycles. The average molecular weight is 402 g/mol. The van der Waals surface area contributed by atoms with Crippen molar-refractivity contribution in [2.24, 2.45) is 7.05 Å². The largest absolute Gasteiger partial charge is 0.487 e. The van der Waals surface area contributed by atoms with Crippen LogP contribution in [0.25, 0.3) is 0 Å². The van der Waals surface area contributed by atoms with Gasteiger partial charge in [-0.15, -0.1) is 0 Å². The molecule has 0 aliphatic rings. The van der Waals surface area contributed by atoms with Gasteiger partial charge in [-0.25, -0.2) is 0 Å². The van der Waals surface area contributed by atoms with E-state index in [4.69, 9.17) is 4.74 Å². The van der Waals surface area contributed by atoms with E-state index in [0.29, 0.717) is 6.61 Å². The van der Waals surface area contributed by atoms with E-state index in [1.807, 2.05) is 17.8 Å². The Morgan fingerprint density at radius 2 is 2.10 bits per heavy atom. The number of benzene rings is 1. The molecule has 108 valence electrons. The molecular weight excluding hydrogens is 384 g/mol. The third-order valence-electron chi connectivity index (χ3n) is 3.29. The molecule has 5 heteroatoms. The number of rotatable bonds is 5. The lowest BCUT2D eigenvalue weighted by Gasteiger charge is -2.13. The molecule has 0 aliphatic heterocycles. The summed E-state index contributed by atoms with van der Waals surface area (Å²) in [5.41, 5.74) is 4.44. The summed E-state index contributed by atoms with van der Waals surface area (Å²) in [7, 11) is 1.95. The first-order chi connectivity index (χ1) is 9.58. The minimum absolute atomic E-state index is 0.509. The monoisotopic (exact) mass is 400 g/mol. The quantitative estimate of drug-likeness (QED) is 0.688. The molecule has 0 radical (unpaired) electrons. The summed E-state index contributed by atoms with van der Waals surface area (Å²) in [6, 6.07) is 6.19. The number of ether oxygens (including phenoxy) is 1. The third kappa shape index (κ3) is 3.09. The molecule has 0 fully saturated rings. The molecule has 1 aromatic heterocycles. The molecule has 3 nitrogen and oxygen atoms in total. The van der Waals surface area contributed by atoms with Crippen LogP contribution in [0.4, 0.5) is 0 Å². The van der Waals surface area contributed by atoms with E-state index in [0.717, 1.165) is 38.9 Å². The van der Waals surface area contributed by atoms with E-state index in [1.165, 1.54) is 5.56 Å². The summed E-state index contributed by atoms with van der Waals surface area (Å²) in [6.45, 7) is 4.67. The Morgan fingerprint density at radius 1 is 1.35 bits per heavy atom. The van der Waals surface area contributed by atoms with Crippen molar-refractivity contribution in [3.05, 3.63) is 45.2 Å². The van der Waals surface area contributed by atoms with Gasteiger partial charge in [0.05, 0.1) is 15.9 Å². The lowest BCUT2D eigenvalue weighted by Crippen LogP contribution is -2.05. The molecular formula is C15H18Br2N2O. The van der Waals surface area contributed by atoms with Crippen molar-refractivity contribution < 1.29 is 4.74 Å². The second kappa shape index (κ2) is 6.76. The van der Waals surface area contributed by atoms with Gasteiger partial charge in [0, 0.05) is 17.9 Å². The Hall–Kier alpha value is -0.810. The molecule has 0 saturated heterocycles. The van der Waals surface area contributed by atoms with Crippen molar-refractivity contribution in [3.63, 3.8) is 0 Å². The van der Waals surface area contributed by atoms with E-state index >= 15 is 0 Å². The zero-order chi connectivity index (χ0) is 14.7. The predicted molar refractivity (Wildman–Crippen MR) is 88.4 cm³/mol. The maximum Gasteiger partial charge on any atom is 0.131 e. The van der Waals surface area contributed by atoms with Crippen molar-refractivity contribution in [1.82, 2.24) is 9.78 Å². The number of aryl methyl sites for hydroxylation is 3. The molecule has 1 aromatic carbocycles. The number of alkyl halides is 1. The highest BCUT2D eigenvalue weighted by Crippen LogP contribution is 2.28. The van der Waals surface area contributed by atoms with Crippen LogP contribution in [-0.2, 0) is 25.4 Å². The number of halogens is 2. The number of hydrogen-bond donors (Lipinski definition) is 0. The molecule has 0 saturated carbocycles. The second-order valence-electron chi connectivity index (χ2n) is 4.67. The minimum atomic E-state index is 0.509. The van der Waals surface area contributed by atoms with Gasteiger partial charge in [0.2, 0.25) is 0 Å². The van der Waals surface area contributed by atoms with Gasteiger partial charge in [0.15, 0.2) is 0 Å². The van der Waals surface area contributed by atoms with E-state index in [2.05, 4.69) is 62.9 Å². The van der Waals surface area contributed by atoms with Gasteiger partial charge in [0.1, 0.15) is 12.4 Å². The summed E-state index contributed by atoms with van der Waals surface area (Å²) in [6.07, 6.45) is 0.908. The van der Waals surface area contributed by atoms with Crippen LogP contribution in [-0.4, -0.2) is 9.78 Å². The average Bonchev–Trinajstić information content (AvgIpc) is 2.72. The first kappa shape index (κ1) is 15.6. The van der Waals surface area contributed by atoms with Crippen LogP contribution in [0, 0.1) is 6.92 Å². The number of para-hydroxylation sites is 1. The Morgan fingerprint density at radius 3 is 2.70 bits per heavy atom. The van der Waals surface area contributed by atoms with Gasteiger partial charge in [-0.2, -0.15) is 5.10 Å². The van der Waals surface area contributed by atoms with E-state index in [9.17, 15) is 0 Å². The van der Waals surface area contributed by atoms with Crippen LogP contribution in [0.2, 0.25) is 0 Å². The molecule has 0 spiro atoms. The zero-order valence-electron chi connectivity index (χ0n) is 11.9. The minimum Gasteiger partial charge on any atom is -0.487 e. The highest BCUT2D eigenvalue weighted by Gasteiger charge is 2.14. The molecule has 20 heavy (non-hydrogen) atoms. The van der Waals surface area contributed by atoms with Crippen LogP contribution >= 0.6 is 31.9 Å². The molecule has 2 rings (SSSR count). The van der Waals surface area contributed by atoms with Crippen molar-refractivity contribution in [1.29, 1.82) is 0 Å². The molecule has 0 bridgehead atoms.